The summed E-state index contributed by atoms with van der Waals surface area (Å²) in [6, 6.07) is 0. The van der Waals surface area contributed by atoms with Gasteiger partial charge in [0.05, 0.1) is 31.0 Å². The summed E-state index contributed by atoms with van der Waals surface area (Å²) in [5, 5.41) is 19.2. The summed E-state index contributed by atoms with van der Waals surface area (Å²) in [5.41, 5.74) is -1.12. The van der Waals surface area contributed by atoms with Crippen molar-refractivity contribution in [3.63, 3.8) is 0 Å². The first-order chi connectivity index (χ1) is 35.6. The first-order valence-electron chi connectivity index (χ1n) is 32.8. The predicted molar refractivity (Wildman–Crippen MR) is 311 cm³/mol. The van der Waals surface area contributed by atoms with E-state index in [4.69, 9.17) is 9.47 Å². The Bertz CT molecular complexity index is 1130. The van der Waals surface area contributed by atoms with Crippen LogP contribution in [0, 0.1) is 11.3 Å². The van der Waals surface area contributed by atoms with E-state index in [2.05, 4.69) is 19.1 Å². The predicted octanol–water partition coefficient (Wildman–Crippen LogP) is 20.7. The molecule has 0 aromatic heterocycles. The largest absolute Gasteiger partial charge is 0.465 e. The lowest BCUT2D eigenvalue weighted by atomic mass is 9.92. The second-order valence-corrected chi connectivity index (χ2v) is 23.5. The van der Waals surface area contributed by atoms with E-state index in [9.17, 15) is 19.8 Å². The van der Waals surface area contributed by atoms with Crippen LogP contribution in [0.25, 0.3) is 0 Å². The maximum atomic E-state index is 12.5. The Hall–Kier alpha value is -1.40. The minimum atomic E-state index is -1.12. The highest BCUT2D eigenvalue weighted by Gasteiger charge is 2.36. The molecule has 1 aliphatic heterocycles. The van der Waals surface area contributed by atoms with Crippen LogP contribution in [-0.2, 0) is 19.1 Å². The molecule has 0 radical (unpaired) electrons. The molecule has 2 N–H and O–H groups in total. The lowest BCUT2D eigenvalue weighted by molar-refractivity contribution is -0.155. The molecule has 1 unspecified atom stereocenters. The van der Waals surface area contributed by atoms with Gasteiger partial charge in [0, 0.05) is 0 Å². The molecule has 0 aliphatic carbocycles. The normalized spacial score (nSPS) is 15.2. The summed E-state index contributed by atoms with van der Waals surface area (Å²) in [6.45, 7) is 1.21. The molecule has 0 amide bonds. The topological polar surface area (TPSA) is 93.1 Å². The molecule has 1 fully saturated rings. The second-order valence-electron chi connectivity index (χ2n) is 23.5. The molecule has 0 aromatic rings. The molecule has 1 aliphatic rings. The molecule has 0 aromatic carbocycles. The lowest BCUT2D eigenvalue weighted by Gasteiger charge is -2.27. The summed E-state index contributed by atoms with van der Waals surface area (Å²) in [6.07, 6.45) is 80.2. The minimum Gasteiger partial charge on any atom is -0.465 e. The molecule has 6 heteroatoms. The van der Waals surface area contributed by atoms with Gasteiger partial charge < -0.3 is 19.7 Å². The molecule has 72 heavy (non-hydrogen) atoms. The zero-order chi connectivity index (χ0) is 51.8. The number of aliphatic hydroxyl groups excluding tert-OH is 2. The van der Waals surface area contributed by atoms with Gasteiger partial charge in [0.15, 0.2) is 0 Å². The SMILES string of the molecule is CCCCCCCCCCCCCCCCCCCCCCCCCCCCCCCCCCCCC/C=C/CCCCCCCCCCCCCCCCCCC1CC(=O)OCC(CO)(CO)COC1=O. The van der Waals surface area contributed by atoms with Gasteiger partial charge >= 0.3 is 11.9 Å². The van der Waals surface area contributed by atoms with E-state index >= 15 is 0 Å². The van der Waals surface area contributed by atoms with E-state index in [0.717, 1.165) is 19.3 Å². The molecule has 0 saturated carbocycles. The minimum absolute atomic E-state index is 0.00341. The fourth-order valence-electron chi connectivity index (χ4n) is 10.9. The van der Waals surface area contributed by atoms with Crippen molar-refractivity contribution in [2.24, 2.45) is 11.3 Å². The summed E-state index contributed by atoms with van der Waals surface area (Å²) < 4.78 is 10.6. The molecule has 426 valence electrons. The third kappa shape index (κ3) is 47.1. The summed E-state index contributed by atoms with van der Waals surface area (Å²) >= 11 is 0. The molecule has 0 bridgehead atoms. The van der Waals surface area contributed by atoms with Gasteiger partial charge in [0.25, 0.3) is 0 Å². The summed E-state index contributed by atoms with van der Waals surface area (Å²) in [7, 11) is 0. The van der Waals surface area contributed by atoms with Crippen LogP contribution < -0.4 is 0 Å². The number of aliphatic hydroxyl groups is 2. The number of allylic oxidation sites excluding steroid dienone is 2. The Balaban J connectivity index is 1.68. The molecular weight excluding hydrogens is 889 g/mol. The maximum absolute atomic E-state index is 12.5. The molecule has 1 atom stereocenters. The van der Waals surface area contributed by atoms with Crippen LogP contribution in [0.5, 0.6) is 0 Å². The van der Waals surface area contributed by atoms with Crippen LogP contribution in [-0.4, -0.2) is 48.6 Å². The zero-order valence-corrected chi connectivity index (χ0v) is 48.5. The number of carbonyl (C=O) groups excluding carboxylic acids is 2. The van der Waals surface area contributed by atoms with Gasteiger partial charge in [0.1, 0.15) is 13.2 Å². The maximum Gasteiger partial charge on any atom is 0.309 e. The van der Waals surface area contributed by atoms with Crippen LogP contribution in [0.3, 0.4) is 0 Å². The van der Waals surface area contributed by atoms with Crippen molar-refractivity contribution in [2.75, 3.05) is 26.4 Å². The Kier molecular flexibility index (Phi) is 53.2. The monoisotopic (exact) mass is 1010 g/mol. The Labute approximate surface area is 449 Å². The fourth-order valence-corrected chi connectivity index (χ4v) is 10.9. The van der Waals surface area contributed by atoms with Gasteiger partial charge in [-0.05, 0) is 32.1 Å². The van der Waals surface area contributed by atoms with Crippen molar-refractivity contribution < 1.29 is 29.3 Å². The summed E-state index contributed by atoms with van der Waals surface area (Å²) in [5.74, 6) is -1.40. The number of hydrogen-bond donors (Lipinski definition) is 2. The van der Waals surface area contributed by atoms with Crippen molar-refractivity contribution >= 4 is 11.9 Å². The number of esters is 2. The highest BCUT2D eigenvalue weighted by atomic mass is 16.6. The van der Waals surface area contributed by atoms with E-state index in [0.29, 0.717) is 6.42 Å². The van der Waals surface area contributed by atoms with E-state index in [1.807, 2.05) is 0 Å². The summed E-state index contributed by atoms with van der Waals surface area (Å²) in [4.78, 5) is 24.7. The van der Waals surface area contributed by atoms with E-state index in [-0.39, 0.29) is 19.6 Å². The van der Waals surface area contributed by atoms with Crippen LogP contribution in [0.4, 0.5) is 0 Å². The highest BCUT2D eigenvalue weighted by molar-refractivity contribution is 5.80. The van der Waals surface area contributed by atoms with Gasteiger partial charge in [-0.25, -0.2) is 0 Å². The van der Waals surface area contributed by atoms with Gasteiger partial charge in [-0.15, -0.1) is 0 Å². The standard InChI is InChI=1S/C66H126O6/c1-2-3-4-5-6-7-8-9-10-11-12-13-14-15-16-17-18-19-20-21-22-23-24-25-26-27-28-29-30-31-32-33-34-35-36-37-38-39-40-41-42-43-44-45-46-47-48-49-50-51-52-53-54-55-56-57-63-58-64(69)71-61-66(59-67,60-68)62-72-65(63)70/h38-39,63,67-68H,2-37,40-62H2,1H3/b39-38+. The van der Waals surface area contributed by atoms with Gasteiger partial charge in [-0.2, -0.15) is 0 Å². The van der Waals surface area contributed by atoms with Crippen LogP contribution in [0.2, 0.25) is 0 Å². The van der Waals surface area contributed by atoms with E-state index < -0.39 is 36.5 Å². The quantitative estimate of drug-likeness (QED) is 0.0358. The third-order valence-electron chi connectivity index (χ3n) is 16.3. The van der Waals surface area contributed by atoms with Crippen LogP contribution in [0.1, 0.15) is 360 Å². The molecule has 0 spiro atoms. The first-order valence-corrected chi connectivity index (χ1v) is 32.8. The van der Waals surface area contributed by atoms with Crippen molar-refractivity contribution in [1.82, 2.24) is 0 Å². The number of unbranched alkanes of at least 4 members (excludes halogenated alkanes) is 51. The number of ether oxygens (including phenoxy) is 2. The third-order valence-corrected chi connectivity index (χ3v) is 16.3. The van der Waals surface area contributed by atoms with Gasteiger partial charge in [0.2, 0.25) is 0 Å². The fraction of sp³-hybridized carbons (Fsp3) is 0.939. The van der Waals surface area contributed by atoms with Crippen molar-refractivity contribution in [3.8, 4) is 0 Å². The molecule has 1 saturated heterocycles. The average molecular weight is 1020 g/mol. The van der Waals surface area contributed by atoms with E-state index in [1.165, 1.54) is 321 Å². The molecular formula is C66H126O6. The van der Waals surface area contributed by atoms with Crippen LogP contribution in [0.15, 0.2) is 12.2 Å². The van der Waals surface area contributed by atoms with Crippen molar-refractivity contribution in [3.05, 3.63) is 12.2 Å². The number of hydrogen-bond acceptors (Lipinski definition) is 6. The number of cyclic esters (lactones) is 2. The van der Waals surface area contributed by atoms with E-state index in [1.54, 1.807) is 0 Å². The lowest BCUT2D eigenvalue weighted by Crippen LogP contribution is -2.40. The molecule has 1 heterocycles. The Morgan fingerprint density at radius 2 is 0.597 bits per heavy atom. The molecule has 6 nitrogen and oxygen atoms in total. The number of carbonyl (C=O) groups is 2. The number of rotatable bonds is 57. The Morgan fingerprint density at radius 3 is 0.861 bits per heavy atom. The first kappa shape index (κ1) is 68.6. The smallest absolute Gasteiger partial charge is 0.309 e. The van der Waals surface area contributed by atoms with Crippen molar-refractivity contribution in [1.29, 1.82) is 0 Å². The second kappa shape index (κ2) is 55.8. The van der Waals surface area contributed by atoms with Gasteiger partial charge in [-0.3, -0.25) is 9.59 Å². The average Bonchev–Trinajstić information content (AvgIpc) is 3.45. The Morgan fingerprint density at radius 1 is 0.361 bits per heavy atom. The van der Waals surface area contributed by atoms with Crippen LogP contribution >= 0.6 is 0 Å². The molecule has 1 rings (SSSR count). The zero-order valence-electron chi connectivity index (χ0n) is 48.5. The van der Waals surface area contributed by atoms with Gasteiger partial charge in [-0.1, -0.05) is 334 Å². The highest BCUT2D eigenvalue weighted by Crippen LogP contribution is 2.25. The van der Waals surface area contributed by atoms with Crippen molar-refractivity contribution in [2.45, 2.75) is 360 Å².